The lowest BCUT2D eigenvalue weighted by Crippen LogP contribution is -2.41. The first kappa shape index (κ1) is 14.9. The van der Waals surface area contributed by atoms with Crippen LogP contribution in [0.4, 0.5) is 5.69 Å². The maximum absolute atomic E-state index is 12.5. The first-order valence-electron chi connectivity index (χ1n) is 8.65. The Kier molecular flexibility index (Phi) is 4.18. The lowest BCUT2D eigenvalue weighted by molar-refractivity contribution is 0.0325. The van der Waals surface area contributed by atoms with Crippen molar-refractivity contribution in [3.63, 3.8) is 0 Å². The number of pyridine rings is 1. The van der Waals surface area contributed by atoms with E-state index in [2.05, 4.69) is 20.1 Å². The number of nitrogens with one attached hydrogen (secondary N) is 1. The molecular weight excluding hydrogens is 292 g/mol. The van der Waals surface area contributed by atoms with Gasteiger partial charge in [-0.2, -0.15) is 0 Å². The summed E-state index contributed by atoms with van der Waals surface area (Å²) in [5.41, 5.74) is 1.64. The van der Waals surface area contributed by atoms with Gasteiger partial charge in [-0.15, -0.1) is 0 Å². The van der Waals surface area contributed by atoms with E-state index < -0.39 is 0 Å². The van der Waals surface area contributed by atoms with Crippen LogP contribution in [-0.4, -0.2) is 67.3 Å². The SMILES string of the molecule is O=C(N[C@@H]1C[C@H]1N1CCOCC1)c1cc(N2CCCC2)ccn1. The Morgan fingerprint density at radius 2 is 2.00 bits per heavy atom. The number of hydrogen-bond acceptors (Lipinski definition) is 5. The van der Waals surface area contributed by atoms with Crippen molar-refractivity contribution in [2.45, 2.75) is 31.3 Å². The molecule has 0 radical (unpaired) electrons. The highest BCUT2D eigenvalue weighted by Gasteiger charge is 2.43. The molecular formula is C17H24N4O2. The maximum atomic E-state index is 12.5. The molecule has 3 aliphatic rings. The van der Waals surface area contributed by atoms with Crippen molar-refractivity contribution in [1.29, 1.82) is 0 Å². The quantitative estimate of drug-likeness (QED) is 0.894. The number of anilines is 1. The minimum absolute atomic E-state index is 0.0493. The van der Waals surface area contributed by atoms with Crippen molar-refractivity contribution in [1.82, 2.24) is 15.2 Å². The van der Waals surface area contributed by atoms with Crippen LogP contribution in [0.15, 0.2) is 18.3 Å². The second-order valence-corrected chi connectivity index (χ2v) is 6.62. The number of morpholine rings is 1. The number of amides is 1. The number of ether oxygens (including phenoxy) is 1. The molecule has 1 saturated carbocycles. The van der Waals surface area contributed by atoms with E-state index in [-0.39, 0.29) is 11.9 Å². The molecule has 1 aliphatic carbocycles. The summed E-state index contributed by atoms with van der Waals surface area (Å²) in [6, 6.07) is 4.66. The van der Waals surface area contributed by atoms with E-state index in [0.29, 0.717) is 11.7 Å². The Hall–Kier alpha value is -1.66. The number of carbonyl (C=O) groups excluding carboxylic acids is 1. The van der Waals surface area contributed by atoms with E-state index in [1.165, 1.54) is 12.8 Å². The van der Waals surface area contributed by atoms with Crippen LogP contribution < -0.4 is 10.2 Å². The van der Waals surface area contributed by atoms with Crippen molar-refractivity contribution in [3.05, 3.63) is 24.0 Å². The van der Waals surface area contributed by atoms with Gasteiger partial charge in [-0.3, -0.25) is 14.7 Å². The highest BCUT2D eigenvalue weighted by Crippen LogP contribution is 2.29. The van der Waals surface area contributed by atoms with Gasteiger partial charge in [0.2, 0.25) is 0 Å². The standard InChI is InChI=1S/C17H24N4O2/c22-17(19-14-12-16(14)21-7-9-23-10-8-21)15-11-13(3-4-18-15)20-5-1-2-6-20/h3-4,11,14,16H,1-2,5-10,12H2,(H,19,22)/t14-,16-/m1/s1. The van der Waals surface area contributed by atoms with Gasteiger partial charge in [0.05, 0.1) is 13.2 Å². The minimum Gasteiger partial charge on any atom is -0.379 e. The van der Waals surface area contributed by atoms with Crippen molar-refractivity contribution >= 4 is 11.6 Å². The molecule has 3 fully saturated rings. The van der Waals surface area contributed by atoms with Crippen molar-refractivity contribution in [2.75, 3.05) is 44.3 Å². The average molecular weight is 316 g/mol. The van der Waals surface area contributed by atoms with Crippen LogP contribution in [0.2, 0.25) is 0 Å². The van der Waals surface area contributed by atoms with Crippen molar-refractivity contribution < 1.29 is 9.53 Å². The summed E-state index contributed by atoms with van der Waals surface area (Å²) in [6.45, 7) is 5.70. The molecule has 0 bridgehead atoms. The molecule has 124 valence electrons. The molecule has 1 aromatic heterocycles. The molecule has 2 saturated heterocycles. The summed E-state index contributed by atoms with van der Waals surface area (Å²) >= 11 is 0. The van der Waals surface area contributed by atoms with E-state index in [0.717, 1.165) is 51.5 Å². The van der Waals surface area contributed by atoms with Gasteiger partial charge in [-0.25, -0.2) is 0 Å². The molecule has 6 heteroatoms. The summed E-state index contributed by atoms with van der Waals surface area (Å²) in [6.07, 6.45) is 5.24. The monoisotopic (exact) mass is 316 g/mol. The lowest BCUT2D eigenvalue weighted by Gasteiger charge is -2.26. The Bertz CT molecular complexity index is 567. The molecule has 1 aromatic rings. The fraction of sp³-hybridized carbons (Fsp3) is 0.647. The topological polar surface area (TPSA) is 57.7 Å². The first-order chi connectivity index (χ1) is 11.3. The zero-order valence-corrected chi connectivity index (χ0v) is 13.4. The van der Waals surface area contributed by atoms with Crippen molar-refractivity contribution in [3.8, 4) is 0 Å². The molecule has 4 rings (SSSR count). The van der Waals surface area contributed by atoms with Gasteiger partial charge in [0.1, 0.15) is 5.69 Å². The zero-order valence-electron chi connectivity index (χ0n) is 13.4. The summed E-state index contributed by atoms with van der Waals surface area (Å²) < 4.78 is 5.38. The lowest BCUT2D eigenvalue weighted by atomic mass is 10.2. The molecule has 0 unspecified atom stereocenters. The third-order valence-corrected chi connectivity index (χ3v) is 5.04. The first-order valence-corrected chi connectivity index (χ1v) is 8.65. The van der Waals surface area contributed by atoms with Crippen molar-refractivity contribution in [2.24, 2.45) is 0 Å². The number of carbonyl (C=O) groups is 1. The Balaban J connectivity index is 1.35. The summed E-state index contributed by atoms with van der Waals surface area (Å²) in [5, 5.41) is 3.13. The van der Waals surface area contributed by atoms with Gasteiger partial charge in [0.15, 0.2) is 0 Å². The highest BCUT2D eigenvalue weighted by atomic mass is 16.5. The van der Waals surface area contributed by atoms with Gasteiger partial charge in [-0.05, 0) is 31.4 Å². The minimum atomic E-state index is -0.0493. The number of nitrogens with zero attached hydrogens (tertiary/aromatic N) is 3. The third-order valence-electron chi connectivity index (χ3n) is 5.04. The molecule has 1 amide bonds. The van der Waals surface area contributed by atoms with Crippen LogP contribution in [0.1, 0.15) is 29.8 Å². The fourth-order valence-electron chi connectivity index (χ4n) is 3.61. The number of hydrogen-bond donors (Lipinski definition) is 1. The second-order valence-electron chi connectivity index (χ2n) is 6.62. The molecule has 1 N–H and O–H groups in total. The van der Waals surface area contributed by atoms with Crippen LogP contribution in [-0.2, 0) is 4.74 Å². The van der Waals surface area contributed by atoms with Crippen LogP contribution >= 0.6 is 0 Å². The van der Waals surface area contributed by atoms with Gasteiger partial charge in [-0.1, -0.05) is 0 Å². The third kappa shape index (κ3) is 3.33. The molecule has 0 aromatic carbocycles. The van der Waals surface area contributed by atoms with E-state index in [1.54, 1.807) is 6.20 Å². The fourth-order valence-corrected chi connectivity index (χ4v) is 3.61. The van der Waals surface area contributed by atoms with E-state index in [9.17, 15) is 4.79 Å². The average Bonchev–Trinajstić information content (AvgIpc) is 3.14. The van der Waals surface area contributed by atoms with E-state index in [4.69, 9.17) is 4.74 Å². The molecule has 3 heterocycles. The zero-order chi connectivity index (χ0) is 15.6. The van der Waals surface area contributed by atoms with Gasteiger partial charge in [0.25, 0.3) is 5.91 Å². The molecule has 2 aliphatic heterocycles. The van der Waals surface area contributed by atoms with Crippen LogP contribution in [0, 0.1) is 0 Å². The summed E-state index contributed by atoms with van der Waals surface area (Å²) in [7, 11) is 0. The van der Waals surface area contributed by atoms with Crippen LogP contribution in [0.5, 0.6) is 0 Å². The van der Waals surface area contributed by atoms with Gasteiger partial charge in [0, 0.05) is 50.1 Å². The number of rotatable bonds is 4. The molecule has 2 atom stereocenters. The van der Waals surface area contributed by atoms with Crippen LogP contribution in [0.25, 0.3) is 0 Å². The second kappa shape index (κ2) is 6.45. The van der Waals surface area contributed by atoms with Gasteiger partial charge >= 0.3 is 0 Å². The normalized spacial score (nSPS) is 27.9. The molecule has 23 heavy (non-hydrogen) atoms. The summed E-state index contributed by atoms with van der Waals surface area (Å²) in [4.78, 5) is 21.5. The predicted octanol–water partition coefficient (Wildman–Crippen LogP) is 0.885. The Morgan fingerprint density at radius 3 is 2.78 bits per heavy atom. The predicted molar refractivity (Wildman–Crippen MR) is 87.7 cm³/mol. The Labute approximate surface area is 136 Å². The highest BCUT2D eigenvalue weighted by molar-refractivity contribution is 5.93. The molecule has 0 spiro atoms. The molecule has 6 nitrogen and oxygen atoms in total. The number of aromatic nitrogens is 1. The van der Waals surface area contributed by atoms with E-state index in [1.807, 2.05) is 12.1 Å². The Morgan fingerprint density at radius 1 is 1.22 bits per heavy atom. The summed E-state index contributed by atoms with van der Waals surface area (Å²) in [5.74, 6) is -0.0493. The smallest absolute Gasteiger partial charge is 0.270 e. The van der Waals surface area contributed by atoms with Gasteiger partial charge < -0.3 is 15.0 Å². The largest absolute Gasteiger partial charge is 0.379 e. The maximum Gasteiger partial charge on any atom is 0.270 e. The van der Waals surface area contributed by atoms with Crippen LogP contribution in [0.3, 0.4) is 0 Å². The van der Waals surface area contributed by atoms with E-state index >= 15 is 0 Å².